The first-order chi connectivity index (χ1) is 16.9. The lowest BCUT2D eigenvalue weighted by molar-refractivity contribution is 0.0984. The fraction of sp³-hybridized carbons (Fsp3) is 0.269. The first-order valence-corrected chi connectivity index (χ1v) is 13.9. The Kier molecular flexibility index (Phi) is 7.90. The molecule has 0 N–H and O–H groups in total. The van der Waals surface area contributed by atoms with Crippen molar-refractivity contribution in [2.24, 2.45) is 0 Å². The summed E-state index contributed by atoms with van der Waals surface area (Å²) in [6.45, 7) is 4.99. The number of carbonyl (C=O) groups excluding carboxylic acids is 1. The molecule has 0 saturated heterocycles. The topological polar surface area (TPSA) is 83.5 Å². The molecule has 4 rings (SSSR count). The highest BCUT2D eigenvalue weighted by atomic mass is 32.2. The van der Waals surface area contributed by atoms with Gasteiger partial charge in [0.2, 0.25) is 10.0 Å². The van der Waals surface area contributed by atoms with Crippen molar-refractivity contribution < 1.29 is 13.2 Å². The molecule has 0 aliphatic carbocycles. The van der Waals surface area contributed by atoms with Crippen LogP contribution in [0.1, 0.15) is 42.7 Å². The lowest BCUT2D eigenvalue weighted by Crippen LogP contribution is -2.32. The van der Waals surface area contributed by atoms with E-state index in [1.165, 1.54) is 27.8 Å². The standard InChI is InChI=1S/C26H28N4O3S2/c1-3-5-18-29(4-2)35(32,33)22-15-13-20(14-16-22)25(31)30(19-21-10-8-9-17-27-21)26-28-23-11-6-7-12-24(23)34-26/h6-17H,3-5,18-19H2,1-2H3. The predicted molar refractivity (Wildman–Crippen MR) is 140 cm³/mol. The zero-order chi connectivity index (χ0) is 24.8. The molecular weight excluding hydrogens is 480 g/mol. The Morgan fingerprint density at radius 3 is 2.37 bits per heavy atom. The van der Waals surface area contributed by atoms with E-state index in [2.05, 4.69) is 9.97 Å². The van der Waals surface area contributed by atoms with Gasteiger partial charge in [-0.05, 0) is 55.0 Å². The van der Waals surface area contributed by atoms with Gasteiger partial charge in [0.1, 0.15) is 0 Å². The molecule has 0 spiro atoms. The number of anilines is 1. The maximum Gasteiger partial charge on any atom is 0.260 e. The number of rotatable bonds is 10. The number of pyridine rings is 1. The van der Waals surface area contributed by atoms with Gasteiger partial charge in [-0.3, -0.25) is 14.7 Å². The van der Waals surface area contributed by atoms with Crippen LogP contribution in [-0.4, -0.2) is 41.7 Å². The van der Waals surface area contributed by atoms with Crippen LogP contribution < -0.4 is 4.90 Å². The summed E-state index contributed by atoms with van der Waals surface area (Å²) >= 11 is 1.43. The van der Waals surface area contributed by atoms with Crippen LogP contribution >= 0.6 is 11.3 Å². The second kappa shape index (κ2) is 11.1. The quantitative estimate of drug-likeness (QED) is 0.288. The molecule has 4 aromatic rings. The van der Waals surface area contributed by atoms with Crippen LogP contribution in [0.25, 0.3) is 10.2 Å². The number of hydrogen-bond acceptors (Lipinski definition) is 6. The van der Waals surface area contributed by atoms with Crippen molar-refractivity contribution in [1.82, 2.24) is 14.3 Å². The van der Waals surface area contributed by atoms with Crippen LogP contribution in [0.15, 0.2) is 77.8 Å². The Bertz CT molecular complexity index is 1350. The Morgan fingerprint density at radius 1 is 0.971 bits per heavy atom. The number of nitrogens with zero attached hydrogens (tertiary/aromatic N) is 4. The minimum Gasteiger partial charge on any atom is -0.278 e. The van der Waals surface area contributed by atoms with E-state index in [9.17, 15) is 13.2 Å². The molecular formula is C26H28N4O3S2. The summed E-state index contributed by atoms with van der Waals surface area (Å²) in [4.78, 5) is 24.4. The van der Waals surface area contributed by atoms with Crippen molar-refractivity contribution in [1.29, 1.82) is 0 Å². The van der Waals surface area contributed by atoms with Gasteiger partial charge < -0.3 is 0 Å². The third-order valence-electron chi connectivity index (χ3n) is 5.66. The molecule has 182 valence electrons. The molecule has 2 aromatic heterocycles. The highest BCUT2D eigenvalue weighted by molar-refractivity contribution is 7.89. The second-order valence-electron chi connectivity index (χ2n) is 8.05. The van der Waals surface area contributed by atoms with E-state index < -0.39 is 10.0 Å². The molecule has 0 atom stereocenters. The molecule has 0 aliphatic heterocycles. The van der Waals surface area contributed by atoms with Crippen molar-refractivity contribution >= 4 is 42.6 Å². The number of thiazole rings is 1. The molecule has 2 aromatic carbocycles. The molecule has 0 aliphatic rings. The van der Waals surface area contributed by atoms with Gasteiger partial charge in [-0.15, -0.1) is 0 Å². The SMILES string of the molecule is CCCCN(CC)S(=O)(=O)c1ccc(C(=O)N(Cc2ccccn2)c2nc3ccccc3s2)cc1. The van der Waals surface area contributed by atoms with Gasteiger partial charge in [0.05, 0.1) is 27.4 Å². The fourth-order valence-corrected chi connectivity index (χ4v) is 6.16. The molecule has 0 bridgehead atoms. The third kappa shape index (κ3) is 5.58. The largest absolute Gasteiger partial charge is 0.278 e. The number of fused-ring (bicyclic) bond motifs is 1. The lowest BCUT2D eigenvalue weighted by atomic mass is 10.2. The van der Waals surface area contributed by atoms with Crippen molar-refractivity contribution in [3.63, 3.8) is 0 Å². The number of sulfonamides is 1. The number of aromatic nitrogens is 2. The fourth-order valence-electron chi connectivity index (χ4n) is 3.71. The number of hydrogen-bond donors (Lipinski definition) is 0. The van der Waals surface area contributed by atoms with Crippen molar-refractivity contribution in [3.8, 4) is 0 Å². The highest BCUT2D eigenvalue weighted by Crippen LogP contribution is 2.30. The molecule has 0 saturated carbocycles. The Labute approximate surface area is 210 Å². The number of amides is 1. The summed E-state index contributed by atoms with van der Waals surface area (Å²) in [5.41, 5.74) is 1.93. The maximum atomic E-state index is 13.6. The summed E-state index contributed by atoms with van der Waals surface area (Å²) in [5.74, 6) is -0.267. The average molecular weight is 509 g/mol. The monoisotopic (exact) mass is 508 g/mol. The molecule has 0 unspecified atom stereocenters. The molecule has 35 heavy (non-hydrogen) atoms. The van der Waals surface area contributed by atoms with Crippen LogP contribution in [-0.2, 0) is 16.6 Å². The minimum absolute atomic E-state index is 0.184. The highest BCUT2D eigenvalue weighted by Gasteiger charge is 2.25. The lowest BCUT2D eigenvalue weighted by Gasteiger charge is -2.21. The normalized spacial score (nSPS) is 11.7. The first-order valence-electron chi connectivity index (χ1n) is 11.6. The number of benzene rings is 2. The molecule has 7 nitrogen and oxygen atoms in total. The summed E-state index contributed by atoms with van der Waals surface area (Å²) in [6, 6.07) is 19.5. The molecule has 2 heterocycles. The van der Waals surface area contributed by atoms with E-state index in [1.807, 2.05) is 56.3 Å². The Balaban J connectivity index is 1.65. The van der Waals surface area contributed by atoms with E-state index >= 15 is 0 Å². The smallest absolute Gasteiger partial charge is 0.260 e. The zero-order valence-corrected chi connectivity index (χ0v) is 21.4. The first kappa shape index (κ1) is 25.0. The van der Waals surface area contributed by atoms with Crippen LogP contribution in [0.3, 0.4) is 0 Å². The van der Waals surface area contributed by atoms with E-state index in [0.29, 0.717) is 23.8 Å². The van der Waals surface area contributed by atoms with Crippen molar-refractivity contribution in [2.75, 3.05) is 18.0 Å². The van der Waals surface area contributed by atoms with E-state index in [0.717, 1.165) is 28.8 Å². The van der Waals surface area contributed by atoms with Gasteiger partial charge >= 0.3 is 0 Å². The summed E-state index contributed by atoms with van der Waals surface area (Å²) < 4.78 is 28.6. The number of para-hydroxylation sites is 1. The average Bonchev–Trinajstić information content (AvgIpc) is 3.32. The van der Waals surface area contributed by atoms with Gasteiger partial charge in [0.25, 0.3) is 5.91 Å². The van der Waals surface area contributed by atoms with E-state index in [1.54, 1.807) is 23.2 Å². The van der Waals surface area contributed by atoms with Gasteiger partial charge in [-0.2, -0.15) is 4.31 Å². The van der Waals surface area contributed by atoms with Gasteiger partial charge in [-0.1, -0.05) is 49.8 Å². The van der Waals surface area contributed by atoms with Gasteiger partial charge in [-0.25, -0.2) is 13.4 Å². The van der Waals surface area contributed by atoms with Gasteiger partial charge in [0.15, 0.2) is 5.13 Å². The van der Waals surface area contributed by atoms with Crippen LogP contribution in [0.2, 0.25) is 0 Å². The third-order valence-corrected chi connectivity index (χ3v) is 8.71. The van der Waals surface area contributed by atoms with Crippen LogP contribution in [0.4, 0.5) is 5.13 Å². The van der Waals surface area contributed by atoms with Crippen molar-refractivity contribution in [2.45, 2.75) is 38.1 Å². The van der Waals surface area contributed by atoms with Crippen LogP contribution in [0.5, 0.6) is 0 Å². The number of unbranched alkanes of at least 4 members (excludes halogenated alkanes) is 1. The summed E-state index contributed by atoms with van der Waals surface area (Å²) in [6.07, 6.45) is 3.40. The molecule has 0 radical (unpaired) electrons. The van der Waals surface area contributed by atoms with Crippen LogP contribution in [0, 0.1) is 0 Å². The summed E-state index contributed by atoms with van der Waals surface area (Å²) in [7, 11) is -3.62. The molecule has 9 heteroatoms. The Hall–Kier alpha value is -3.14. The van der Waals surface area contributed by atoms with E-state index in [-0.39, 0.29) is 17.3 Å². The van der Waals surface area contributed by atoms with Crippen molar-refractivity contribution in [3.05, 3.63) is 84.2 Å². The zero-order valence-electron chi connectivity index (χ0n) is 19.8. The maximum absolute atomic E-state index is 13.6. The van der Waals surface area contributed by atoms with E-state index in [4.69, 9.17) is 0 Å². The summed E-state index contributed by atoms with van der Waals surface area (Å²) in [5, 5.41) is 0.565. The predicted octanol–water partition coefficient (Wildman–Crippen LogP) is 5.35. The molecule has 0 fully saturated rings. The Morgan fingerprint density at radius 2 is 1.71 bits per heavy atom. The number of carbonyl (C=O) groups is 1. The minimum atomic E-state index is -3.62. The van der Waals surface area contributed by atoms with Gasteiger partial charge in [0, 0.05) is 24.8 Å². The second-order valence-corrected chi connectivity index (χ2v) is 11.0. The molecule has 1 amide bonds.